The molecule has 0 bridgehead atoms. The summed E-state index contributed by atoms with van der Waals surface area (Å²) in [6, 6.07) is 13.2. The highest BCUT2D eigenvalue weighted by atomic mass is 16.5. The number of anilines is 1. The number of rotatable bonds is 6. The summed E-state index contributed by atoms with van der Waals surface area (Å²) in [7, 11) is 0. The Bertz CT molecular complexity index is 1140. The SMILES string of the molecule is CCCCOC(=O)c1c(N)n(Cc2ccccn2)c2nc3ccccc3nc12. The number of para-hydroxylation sites is 2. The van der Waals surface area contributed by atoms with Crippen molar-refractivity contribution in [3.63, 3.8) is 0 Å². The molecule has 0 amide bonds. The number of benzene rings is 1. The van der Waals surface area contributed by atoms with E-state index in [0.29, 0.717) is 29.8 Å². The van der Waals surface area contributed by atoms with Crippen molar-refractivity contribution >= 4 is 34.0 Å². The lowest BCUT2D eigenvalue weighted by atomic mass is 10.2. The lowest BCUT2D eigenvalue weighted by Gasteiger charge is -2.07. The van der Waals surface area contributed by atoms with Gasteiger partial charge in [0.15, 0.2) is 5.65 Å². The Labute approximate surface area is 162 Å². The Morgan fingerprint density at radius 2 is 1.86 bits per heavy atom. The predicted molar refractivity (Wildman–Crippen MR) is 108 cm³/mol. The minimum absolute atomic E-state index is 0.264. The van der Waals surface area contributed by atoms with Crippen molar-refractivity contribution in [2.24, 2.45) is 0 Å². The first-order chi connectivity index (χ1) is 13.7. The van der Waals surface area contributed by atoms with Gasteiger partial charge in [0, 0.05) is 6.20 Å². The number of hydrogen-bond acceptors (Lipinski definition) is 6. The molecule has 3 aromatic heterocycles. The highest BCUT2D eigenvalue weighted by Gasteiger charge is 2.25. The molecule has 0 saturated heterocycles. The molecule has 0 atom stereocenters. The molecule has 7 heteroatoms. The quantitative estimate of drug-likeness (QED) is 0.409. The first kappa shape index (κ1) is 17.9. The summed E-state index contributed by atoms with van der Waals surface area (Å²) in [4.78, 5) is 26.5. The zero-order chi connectivity index (χ0) is 19.5. The fourth-order valence-electron chi connectivity index (χ4n) is 3.11. The normalized spacial score (nSPS) is 11.2. The maximum Gasteiger partial charge on any atom is 0.344 e. The van der Waals surface area contributed by atoms with E-state index in [1.165, 1.54) is 0 Å². The van der Waals surface area contributed by atoms with Crippen molar-refractivity contribution in [3.05, 3.63) is 59.9 Å². The Morgan fingerprint density at radius 3 is 2.57 bits per heavy atom. The van der Waals surface area contributed by atoms with Crippen LogP contribution in [0.15, 0.2) is 48.7 Å². The molecule has 7 nitrogen and oxygen atoms in total. The van der Waals surface area contributed by atoms with Gasteiger partial charge in [-0.25, -0.2) is 14.8 Å². The molecule has 28 heavy (non-hydrogen) atoms. The first-order valence-electron chi connectivity index (χ1n) is 9.30. The number of hydrogen-bond donors (Lipinski definition) is 1. The largest absolute Gasteiger partial charge is 0.462 e. The molecule has 0 fully saturated rings. The maximum atomic E-state index is 12.8. The lowest BCUT2D eigenvalue weighted by molar-refractivity contribution is 0.0503. The monoisotopic (exact) mass is 375 g/mol. The fourth-order valence-corrected chi connectivity index (χ4v) is 3.11. The van der Waals surface area contributed by atoms with E-state index >= 15 is 0 Å². The number of ether oxygens (including phenoxy) is 1. The van der Waals surface area contributed by atoms with E-state index in [9.17, 15) is 4.79 Å². The standard InChI is InChI=1S/C21H21N5O2/c1-2-3-12-28-21(27)17-18-20(25-16-10-5-4-9-15(16)24-18)26(19(17)22)13-14-8-6-7-11-23-14/h4-11H,2-3,12-13,22H2,1H3. The van der Waals surface area contributed by atoms with Gasteiger partial charge in [0.25, 0.3) is 0 Å². The highest BCUT2D eigenvalue weighted by Crippen LogP contribution is 2.29. The third-order valence-corrected chi connectivity index (χ3v) is 4.57. The Kier molecular flexibility index (Phi) is 4.89. The van der Waals surface area contributed by atoms with Gasteiger partial charge in [0.2, 0.25) is 0 Å². The topological polar surface area (TPSA) is 95.9 Å². The number of fused-ring (bicyclic) bond motifs is 2. The number of pyridine rings is 1. The molecule has 0 unspecified atom stereocenters. The second-order valence-electron chi connectivity index (χ2n) is 6.54. The lowest BCUT2D eigenvalue weighted by Crippen LogP contribution is -2.11. The van der Waals surface area contributed by atoms with E-state index in [1.807, 2.05) is 49.4 Å². The van der Waals surface area contributed by atoms with Crippen LogP contribution in [0.1, 0.15) is 35.8 Å². The Balaban J connectivity index is 1.88. The second kappa shape index (κ2) is 7.64. The van der Waals surface area contributed by atoms with Crippen molar-refractivity contribution < 1.29 is 9.53 Å². The average molecular weight is 375 g/mol. The molecule has 0 aliphatic rings. The molecule has 0 radical (unpaired) electrons. The number of nitrogen functional groups attached to an aromatic ring is 1. The van der Waals surface area contributed by atoms with Crippen LogP contribution in [0, 0.1) is 0 Å². The van der Waals surface area contributed by atoms with Gasteiger partial charge in [0.1, 0.15) is 16.9 Å². The zero-order valence-electron chi connectivity index (χ0n) is 15.6. The van der Waals surface area contributed by atoms with Gasteiger partial charge in [-0.3, -0.25) is 4.98 Å². The van der Waals surface area contributed by atoms with Crippen LogP contribution >= 0.6 is 0 Å². The molecular formula is C21H21N5O2. The zero-order valence-corrected chi connectivity index (χ0v) is 15.6. The summed E-state index contributed by atoms with van der Waals surface area (Å²) in [5.74, 6) is -0.183. The predicted octanol–water partition coefficient (Wildman–Crippen LogP) is 3.57. The van der Waals surface area contributed by atoms with E-state index in [2.05, 4.69) is 9.97 Å². The van der Waals surface area contributed by atoms with E-state index in [0.717, 1.165) is 24.1 Å². The molecule has 2 N–H and O–H groups in total. The number of esters is 1. The minimum atomic E-state index is -0.472. The first-order valence-corrected chi connectivity index (χ1v) is 9.30. The van der Waals surface area contributed by atoms with Gasteiger partial charge in [-0.1, -0.05) is 31.5 Å². The van der Waals surface area contributed by atoms with Gasteiger partial charge in [-0.2, -0.15) is 0 Å². The van der Waals surface area contributed by atoms with Crippen LogP contribution in [-0.4, -0.2) is 32.1 Å². The number of nitrogens with zero attached hydrogens (tertiary/aromatic N) is 4. The number of nitrogens with two attached hydrogens (primary N) is 1. The number of carbonyl (C=O) groups excluding carboxylic acids is 1. The summed E-state index contributed by atoms with van der Waals surface area (Å²) in [5.41, 5.74) is 9.90. The Hall–Kier alpha value is -3.48. The number of unbranched alkanes of at least 4 members (excludes halogenated alkanes) is 1. The van der Waals surface area contributed by atoms with E-state index in [4.69, 9.17) is 15.5 Å². The number of carbonyl (C=O) groups is 1. The molecule has 0 aliphatic heterocycles. The van der Waals surface area contributed by atoms with E-state index < -0.39 is 5.97 Å². The summed E-state index contributed by atoms with van der Waals surface area (Å²) < 4.78 is 7.19. The molecule has 4 aromatic rings. The van der Waals surface area contributed by atoms with Crippen molar-refractivity contribution in [1.29, 1.82) is 0 Å². The smallest absolute Gasteiger partial charge is 0.344 e. The van der Waals surface area contributed by atoms with E-state index in [-0.39, 0.29) is 11.4 Å². The van der Waals surface area contributed by atoms with Crippen LogP contribution in [0.4, 0.5) is 5.82 Å². The van der Waals surface area contributed by atoms with Crippen LogP contribution in [0.3, 0.4) is 0 Å². The minimum Gasteiger partial charge on any atom is -0.462 e. The molecule has 1 aromatic carbocycles. The van der Waals surface area contributed by atoms with Gasteiger partial charge in [-0.15, -0.1) is 0 Å². The average Bonchev–Trinajstić information content (AvgIpc) is 2.98. The fraction of sp³-hybridized carbons (Fsp3) is 0.238. The third kappa shape index (κ3) is 3.26. The molecule has 4 rings (SSSR count). The molecule has 3 heterocycles. The summed E-state index contributed by atoms with van der Waals surface area (Å²) in [6.07, 6.45) is 3.46. The molecule has 0 saturated carbocycles. The van der Waals surface area contributed by atoms with Crippen molar-refractivity contribution in [2.45, 2.75) is 26.3 Å². The number of aromatic nitrogens is 4. The summed E-state index contributed by atoms with van der Waals surface area (Å²) >= 11 is 0. The molecule has 0 aliphatic carbocycles. The molecule has 0 spiro atoms. The maximum absolute atomic E-state index is 12.8. The van der Waals surface area contributed by atoms with Crippen LogP contribution in [0.25, 0.3) is 22.2 Å². The summed E-state index contributed by atoms with van der Waals surface area (Å²) in [6.45, 7) is 2.78. The van der Waals surface area contributed by atoms with Gasteiger partial charge in [0.05, 0.1) is 29.9 Å². The van der Waals surface area contributed by atoms with Gasteiger partial charge in [-0.05, 0) is 30.7 Å². The molecular weight excluding hydrogens is 354 g/mol. The van der Waals surface area contributed by atoms with Gasteiger partial charge >= 0.3 is 5.97 Å². The van der Waals surface area contributed by atoms with Crippen LogP contribution in [0.5, 0.6) is 0 Å². The second-order valence-corrected chi connectivity index (χ2v) is 6.54. The van der Waals surface area contributed by atoms with Crippen molar-refractivity contribution in [3.8, 4) is 0 Å². The third-order valence-electron chi connectivity index (χ3n) is 4.57. The Morgan fingerprint density at radius 1 is 1.11 bits per heavy atom. The van der Waals surface area contributed by atoms with Gasteiger partial charge < -0.3 is 15.0 Å². The van der Waals surface area contributed by atoms with Crippen LogP contribution < -0.4 is 5.73 Å². The highest BCUT2D eigenvalue weighted by molar-refractivity contribution is 6.08. The molecule has 142 valence electrons. The van der Waals surface area contributed by atoms with Crippen molar-refractivity contribution in [2.75, 3.05) is 12.3 Å². The van der Waals surface area contributed by atoms with E-state index in [1.54, 1.807) is 10.8 Å². The van der Waals surface area contributed by atoms with Crippen molar-refractivity contribution in [1.82, 2.24) is 19.5 Å². The van der Waals surface area contributed by atoms with Crippen LogP contribution in [-0.2, 0) is 11.3 Å². The summed E-state index contributed by atoms with van der Waals surface area (Å²) in [5, 5.41) is 0. The van der Waals surface area contributed by atoms with Crippen LogP contribution in [0.2, 0.25) is 0 Å².